The number of amides is 2. The van der Waals surface area contributed by atoms with Crippen molar-refractivity contribution in [2.75, 3.05) is 31.1 Å². The summed E-state index contributed by atoms with van der Waals surface area (Å²) in [5.41, 5.74) is -0.936. The highest BCUT2D eigenvalue weighted by Crippen LogP contribution is 2.36. The smallest absolute Gasteiger partial charge is 0.250 e. The Hall–Kier alpha value is -2.55. The number of anilines is 1. The number of hydrogen-bond acceptors (Lipinski definition) is 7. The molecule has 4 heterocycles. The first kappa shape index (κ1) is 20.4. The third kappa shape index (κ3) is 3.79. The van der Waals surface area contributed by atoms with Gasteiger partial charge in [0.05, 0.1) is 6.42 Å². The number of fused-ring (bicyclic) bond motifs is 1. The Morgan fingerprint density at radius 2 is 1.87 bits per heavy atom. The fraction of sp³-hybridized carbons (Fsp3) is 0.591. The van der Waals surface area contributed by atoms with Crippen molar-refractivity contribution in [3.8, 4) is 0 Å². The monoisotopic (exact) mass is 440 g/mol. The van der Waals surface area contributed by atoms with E-state index in [4.69, 9.17) is 0 Å². The molecule has 1 saturated carbocycles. The molecule has 0 aromatic carbocycles. The van der Waals surface area contributed by atoms with Crippen LogP contribution in [0.3, 0.4) is 0 Å². The number of aromatic nitrogens is 2. The summed E-state index contributed by atoms with van der Waals surface area (Å²) in [5.74, 6) is 0.837. The summed E-state index contributed by atoms with van der Waals surface area (Å²) in [5, 5.41) is 11.1. The number of carbonyl (C=O) groups is 2. The van der Waals surface area contributed by atoms with Gasteiger partial charge in [0.2, 0.25) is 11.0 Å². The van der Waals surface area contributed by atoms with Crippen molar-refractivity contribution in [3.05, 3.63) is 29.4 Å². The van der Waals surface area contributed by atoms with Gasteiger partial charge in [-0.2, -0.15) is 4.99 Å². The zero-order valence-electron chi connectivity index (χ0n) is 17.9. The summed E-state index contributed by atoms with van der Waals surface area (Å²) >= 11 is 1.71. The normalized spacial score (nSPS) is 26.8. The lowest BCUT2D eigenvalue weighted by molar-refractivity contribution is -0.144. The third-order valence-electron chi connectivity index (χ3n) is 6.79. The molecule has 1 aliphatic carbocycles. The highest BCUT2D eigenvalue weighted by atomic mass is 32.1. The first-order valence-corrected chi connectivity index (χ1v) is 12.0. The number of carbonyl (C=O) groups excluding carboxylic acids is 2. The predicted molar refractivity (Wildman–Crippen MR) is 120 cm³/mol. The van der Waals surface area contributed by atoms with Crippen molar-refractivity contribution < 1.29 is 9.59 Å². The van der Waals surface area contributed by atoms with Gasteiger partial charge in [-0.25, -0.2) is 0 Å². The average Bonchev–Trinajstić information content (AvgIpc) is 3.29. The SMILES string of the molecule is CC1(C(=O)N2CCN(c3nnc(C4CCCCC4)s3)CC2)CC(=O)N=C2C=CC=CN21. The van der Waals surface area contributed by atoms with Crippen LogP contribution >= 0.6 is 11.3 Å². The zero-order chi connectivity index (χ0) is 21.4. The quantitative estimate of drug-likeness (QED) is 0.719. The topological polar surface area (TPSA) is 82.0 Å². The summed E-state index contributed by atoms with van der Waals surface area (Å²) in [6.45, 7) is 4.53. The third-order valence-corrected chi connectivity index (χ3v) is 7.93. The lowest BCUT2D eigenvalue weighted by Crippen LogP contribution is -2.63. The molecular weight excluding hydrogens is 412 g/mol. The van der Waals surface area contributed by atoms with Crippen LogP contribution in [0.4, 0.5) is 5.13 Å². The number of aliphatic imine (C=N–C) groups is 1. The van der Waals surface area contributed by atoms with Crippen LogP contribution in [0.25, 0.3) is 0 Å². The molecule has 9 heteroatoms. The van der Waals surface area contributed by atoms with Crippen LogP contribution in [0.2, 0.25) is 0 Å². The maximum absolute atomic E-state index is 13.5. The van der Waals surface area contributed by atoms with Crippen LogP contribution in [0, 0.1) is 0 Å². The molecule has 1 saturated heterocycles. The van der Waals surface area contributed by atoms with Gasteiger partial charge in [0.15, 0.2) is 0 Å². The summed E-state index contributed by atoms with van der Waals surface area (Å²) in [7, 11) is 0. The summed E-state index contributed by atoms with van der Waals surface area (Å²) in [6, 6.07) is 0. The molecular formula is C22H28N6O2S. The lowest BCUT2D eigenvalue weighted by atomic mass is 9.90. The van der Waals surface area contributed by atoms with Gasteiger partial charge in [-0.3, -0.25) is 9.59 Å². The molecule has 1 atom stereocenters. The fourth-order valence-electron chi connectivity index (χ4n) is 4.98. The van der Waals surface area contributed by atoms with Gasteiger partial charge in [0.1, 0.15) is 16.4 Å². The molecule has 31 heavy (non-hydrogen) atoms. The minimum Gasteiger partial charge on any atom is -0.343 e. The number of nitrogens with zero attached hydrogens (tertiary/aromatic N) is 6. The number of hydrogen-bond donors (Lipinski definition) is 0. The fourth-order valence-corrected chi connectivity index (χ4v) is 6.04. The van der Waals surface area contributed by atoms with E-state index in [0.29, 0.717) is 24.8 Å². The largest absolute Gasteiger partial charge is 0.343 e. The minimum atomic E-state index is -0.936. The molecule has 0 N–H and O–H groups in total. The minimum absolute atomic E-state index is 0.0204. The van der Waals surface area contributed by atoms with Gasteiger partial charge in [0.25, 0.3) is 5.91 Å². The van der Waals surface area contributed by atoms with Crippen LogP contribution in [0.5, 0.6) is 0 Å². The number of amidine groups is 1. The molecule has 2 amide bonds. The van der Waals surface area contributed by atoms with Crippen molar-refractivity contribution in [1.82, 2.24) is 20.0 Å². The van der Waals surface area contributed by atoms with Gasteiger partial charge in [-0.1, -0.05) is 36.7 Å². The lowest BCUT2D eigenvalue weighted by Gasteiger charge is -2.45. The Bertz CT molecular complexity index is 955. The Morgan fingerprint density at radius 3 is 2.65 bits per heavy atom. The van der Waals surface area contributed by atoms with E-state index in [2.05, 4.69) is 20.1 Å². The van der Waals surface area contributed by atoms with Gasteiger partial charge >= 0.3 is 0 Å². The van der Waals surface area contributed by atoms with E-state index in [1.54, 1.807) is 17.4 Å². The number of rotatable bonds is 3. The number of piperazine rings is 1. The van der Waals surface area contributed by atoms with Crippen LogP contribution in [0.1, 0.15) is 56.4 Å². The Labute approximate surface area is 186 Å². The van der Waals surface area contributed by atoms with Crippen LogP contribution in [0.15, 0.2) is 29.4 Å². The van der Waals surface area contributed by atoms with Crippen molar-refractivity contribution in [2.45, 2.75) is 56.9 Å². The van der Waals surface area contributed by atoms with E-state index in [1.165, 1.54) is 32.1 Å². The van der Waals surface area contributed by atoms with E-state index >= 15 is 0 Å². The molecule has 2 fully saturated rings. The van der Waals surface area contributed by atoms with Gasteiger partial charge in [-0.05, 0) is 31.9 Å². The Kier molecular flexibility index (Phi) is 5.37. The Morgan fingerprint density at radius 1 is 1.10 bits per heavy atom. The molecule has 3 aliphatic heterocycles. The van der Waals surface area contributed by atoms with E-state index in [-0.39, 0.29) is 18.2 Å². The maximum atomic E-state index is 13.5. The average molecular weight is 441 g/mol. The molecule has 0 spiro atoms. The second-order valence-electron chi connectivity index (χ2n) is 8.92. The van der Waals surface area contributed by atoms with E-state index in [0.717, 1.165) is 23.2 Å². The van der Waals surface area contributed by atoms with E-state index in [1.807, 2.05) is 35.1 Å². The molecule has 5 rings (SSSR count). The highest BCUT2D eigenvalue weighted by molar-refractivity contribution is 7.15. The van der Waals surface area contributed by atoms with E-state index < -0.39 is 5.54 Å². The number of allylic oxidation sites excluding steroid dienone is 2. The van der Waals surface area contributed by atoms with Crippen molar-refractivity contribution in [2.24, 2.45) is 4.99 Å². The van der Waals surface area contributed by atoms with Crippen molar-refractivity contribution in [3.63, 3.8) is 0 Å². The first-order chi connectivity index (χ1) is 15.0. The van der Waals surface area contributed by atoms with Crippen molar-refractivity contribution >= 4 is 34.1 Å². The van der Waals surface area contributed by atoms with Gasteiger partial charge < -0.3 is 14.7 Å². The summed E-state index contributed by atoms with van der Waals surface area (Å²) < 4.78 is 0. The molecule has 0 radical (unpaired) electrons. The molecule has 164 valence electrons. The maximum Gasteiger partial charge on any atom is 0.250 e. The highest BCUT2D eigenvalue weighted by Gasteiger charge is 2.47. The summed E-state index contributed by atoms with van der Waals surface area (Å²) in [6.07, 6.45) is 13.8. The molecule has 4 aliphatic rings. The van der Waals surface area contributed by atoms with Crippen LogP contribution < -0.4 is 4.90 Å². The van der Waals surface area contributed by atoms with Crippen molar-refractivity contribution in [1.29, 1.82) is 0 Å². The molecule has 8 nitrogen and oxygen atoms in total. The molecule has 1 unspecified atom stereocenters. The van der Waals surface area contributed by atoms with Crippen LogP contribution in [-0.4, -0.2) is 69.4 Å². The molecule has 1 aromatic rings. The van der Waals surface area contributed by atoms with Crippen LogP contribution in [-0.2, 0) is 9.59 Å². The second-order valence-corrected chi connectivity index (χ2v) is 9.91. The predicted octanol–water partition coefficient (Wildman–Crippen LogP) is 2.71. The van der Waals surface area contributed by atoms with E-state index in [9.17, 15) is 9.59 Å². The standard InChI is InChI=1S/C22H28N6O2S/c1-22(15-18(29)23-17-9-5-6-10-28(17)22)20(30)26-11-13-27(14-12-26)21-25-24-19(31-21)16-7-3-2-4-8-16/h5-6,9-10,16H,2-4,7-8,11-15H2,1H3. The summed E-state index contributed by atoms with van der Waals surface area (Å²) in [4.78, 5) is 35.8. The molecule has 0 bridgehead atoms. The van der Waals surface area contributed by atoms with Gasteiger partial charge in [0, 0.05) is 38.3 Å². The zero-order valence-corrected chi connectivity index (χ0v) is 18.7. The van der Waals surface area contributed by atoms with Gasteiger partial charge in [-0.15, -0.1) is 10.2 Å². The second kappa shape index (κ2) is 8.18. The Balaban J connectivity index is 1.24. The molecule has 1 aromatic heterocycles. The first-order valence-electron chi connectivity index (χ1n) is 11.2.